The molecule has 7 nitrogen and oxygen atoms in total. The van der Waals surface area contributed by atoms with Crippen LogP contribution in [-0.2, 0) is 16.0 Å². The molecule has 174 valence electrons. The normalized spacial score (nSPS) is 15.8. The number of piperazine rings is 1. The van der Waals surface area contributed by atoms with Gasteiger partial charge >= 0.3 is 0 Å². The number of hydrogen-bond donors (Lipinski definition) is 2. The molecule has 1 saturated heterocycles. The molecule has 1 atom stereocenters. The van der Waals surface area contributed by atoms with E-state index in [-0.39, 0.29) is 11.8 Å². The third-order valence-corrected chi connectivity index (χ3v) is 5.87. The molecular weight excluding hydrogens is 442 g/mol. The van der Waals surface area contributed by atoms with Crippen molar-refractivity contribution in [2.45, 2.75) is 32.7 Å². The summed E-state index contributed by atoms with van der Waals surface area (Å²) in [5.41, 5.74) is 2.81. The zero-order valence-electron chi connectivity index (χ0n) is 18.8. The van der Waals surface area contributed by atoms with E-state index in [2.05, 4.69) is 4.98 Å². The van der Waals surface area contributed by atoms with Crippen LogP contribution in [0.5, 0.6) is 0 Å². The Kier molecular flexibility index (Phi) is 8.11. The molecule has 1 unspecified atom stereocenters. The Morgan fingerprint density at radius 2 is 1.85 bits per heavy atom. The van der Waals surface area contributed by atoms with Crippen LogP contribution in [0.4, 0.5) is 0 Å². The van der Waals surface area contributed by atoms with Crippen LogP contribution in [0.3, 0.4) is 0 Å². The van der Waals surface area contributed by atoms with E-state index in [0.717, 1.165) is 29.8 Å². The van der Waals surface area contributed by atoms with E-state index in [1.807, 2.05) is 54.4 Å². The van der Waals surface area contributed by atoms with Gasteiger partial charge in [-0.05, 0) is 48.7 Å². The van der Waals surface area contributed by atoms with Crippen molar-refractivity contribution in [3.05, 3.63) is 70.9 Å². The minimum Gasteiger partial charge on any atom is -0.481 e. The maximum Gasteiger partial charge on any atom is 0.300 e. The van der Waals surface area contributed by atoms with Gasteiger partial charge in [-0.3, -0.25) is 14.4 Å². The molecule has 0 aliphatic carbocycles. The fourth-order valence-electron chi connectivity index (χ4n) is 4.06. The molecule has 33 heavy (non-hydrogen) atoms. The predicted octanol–water partition coefficient (Wildman–Crippen LogP) is 4.22. The first-order valence-electron chi connectivity index (χ1n) is 10.9. The number of H-pyrrole nitrogens is 1. The first-order valence-corrected chi connectivity index (χ1v) is 11.3. The summed E-state index contributed by atoms with van der Waals surface area (Å²) in [7, 11) is 0. The molecule has 1 aliphatic rings. The Morgan fingerprint density at radius 3 is 2.52 bits per heavy atom. The number of aromatic amines is 1. The molecule has 0 bridgehead atoms. The summed E-state index contributed by atoms with van der Waals surface area (Å²) in [4.78, 5) is 41.8. The van der Waals surface area contributed by atoms with E-state index in [0.29, 0.717) is 36.6 Å². The van der Waals surface area contributed by atoms with E-state index in [1.165, 1.54) is 0 Å². The summed E-state index contributed by atoms with van der Waals surface area (Å²) in [5, 5.41) is 9.21. The van der Waals surface area contributed by atoms with Gasteiger partial charge in [-0.1, -0.05) is 36.7 Å². The van der Waals surface area contributed by atoms with Crippen LogP contribution in [0.2, 0.25) is 5.02 Å². The van der Waals surface area contributed by atoms with Crippen LogP contribution < -0.4 is 0 Å². The fourth-order valence-corrected chi connectivity index (χ4v) is 4.23. The van der Waals surface area contributed by atoms with Gasteiger partial charge in [0.25, 0.3) is 11.9 Å². The van der Waals surface area contributed by atoms with Crippen molar-refractivity contribution in [2.24, 2.45) is 0 Å². The van der Waals surface area contributed by atoms with Crippen LogP contribution >= 0.6 is 11.6 Å². The van der Waals surface area contributed by atoms with Crippen molar-refractivity contribution in [1.82, 2.24) is 14.8 Å². The maximum atomic E-state index is 13.1. The number of aliphatic carboxylic acids is 1. The molecule has 0 radical (unpaired) electrons. The second-order valence-corrected chi connectivity index (χ2v) is 8.32. The molecule has 2 amide bonds. The third kappa shape index (κ3) is 5.93. The monoisotopic (exact) mass is 469 g/mol. The molecule has 0 spiro atoms. The number of carboxylic acid groups (broad SMARTS) is 1. The molecule has 4 rings (SSSR count). The Hall–Kier alpha value is -3.32. The van der Waals surface area contributed by atoms with Crippen LogP contribution in [0.25, 0.3) is 10.9 Å². The van der Waals surface area contributed by atoms with Crippen molar-refractivity contribution in [3.63, 3.8) is 0 Å². The number of carbonyl (C=O) groups is 3. The van der Waals surface area contributed by atoms with E-state index in [1.54, 1.807) is 17.0 Å². The van der Waals surface area contributed by atoms with Crippen molar-refractivity contribution in [2.75, 3.05) is 19.6 Å². The maximum absolute atomic E-state index is 13.1. The van der Waals surface area contributed by atoms with Gasteiger partial charge in [0.05, 0.1) is 0 Å². The average molecular weight is 470 g/mol. The smallest absolute Gasteiger partial charge is 0.300 e. The molecule has 2 aromatic carbocycles. The lowest BCUT2D eigenvalue weighted by atomic mass is 10.0. The molecule has 2 heterocycles. The molecular formula is C25H28ClN3O4. The standard InChI is InChI=1S/C23H24ClN3O2.C2H4O2/c1-2-21-23(29)26(12-13-27(21)22(28)16-6-4-3-5-7-16)11-10-17-15-25-20-9-8-18(24)14-19(17)20;1-2(3)4/h3-9,14-15,21,25H,2,10-13H2,1H3;1H3,(H,3,4). The Bertz CT molecular complexity index is 1130. The molecule has 3 aromatic rings. The predicted molar refractivity (Wildman–Crippen MR) is 128 cm³/mol. The molecule has 1 aromatic heterocycles. The summed E-state index contributed by atoms with van der Waals surface area (Å²) < 4.78 is 0. The summed E-state index contributed by atoms with van der Waals surface area (Å²) in [6, 6.07) is 14.6. The van der Waals surface area contributed by atoms with E-state index in [4.69, 9.17) is 21.5 Å². The van der Waals surface area contributed by atoms with Crippen LogP contribution in [0.15, 0.2) is 54.7 Å². The summed E-state index contributed by atoms with van der Waals surface area (Å²) in [6.07, 6.45) is 3.34. The van der Waals surface area contributed by atoms with Crippen LogP contribution in [-0.4, -0.2) is 63.4 Å². The molecule has 8 heteroatoms. The minimum absolute atomic E-state index is 0.0286. The number of amides is 2. The minimum atomic E-state index is -0.833. The van der Waals surface area contributed by atoms with Gasteiger partial charge < -0.3 is 19.9 Å². The number of hydrogen-bond acceptors (Lipinski definition) is 3. The number of rotatable bonds is 5. The number of halogens is 1. The highest BCUT2D eigenvalue weighted by atomic mass is 35.5. The zero-order valence-corrected chi connectivity index (χ0v) is 19.5. The number of nitrogens with zero attached hydrogens (tertiary/aromatic N) is 2. The van der Waals surface area contributed by atoms with Crippen molar-refractivity contribution in [3.8, 4) is 0 Å². The highest BCUT2D eigenvalue weighted by Gasteiger charge is 2.36. The highest BCUT2D eigenvalue weighted by molar-refractivity contribution is 6.31. The Morgan fingerprint density at radius 1 is 1.15 bits per heavy atom. The highest BCUT2D eigenvalue weighted by Crippen LogP contribution is 2.24. The van der Waals surface area contributed by atoms with Crippen LogP contribution in [0, 0.1) is 0 Å². The number of aromatic nitrogens is 1. The number of nitrogens with one attached hydrogen (secondary N) is 1. The molecule has 0 saturated carbocycles. The lowest BCUT2D eigenvalue weighted by Crippen LogP contribution is -2.58. The third-order valence-electron chi connectivity index (χ3n) is 5.63. The van der Waals surface area contributed by atoms with Crippen LogP contribution in [0.1, 0.15) is 36.2 Å². The van der Waals surface area contributed by atoms with Gasteiger partial charge in [0, 0.05) is 54.2 Å². The Labute approximate surface area is 197 Å². The number of fused-ring (bicyclic) bond motifs is 1. The topological polar surface area (TPSA) is 93.7 Å². The van der Waals surface area contributed by atoms with Crippen molar-refractivity contribution in [1.29, 1.82) is 0 Å². The largest absolute Gasteiger partial charge is 0.481 e. The first-order chi connectivity index (χ1) is 15.8. The number of benzene rings is 2. The van der Waals surface area contributed by atoms with Gasteiger partial charge in [0.15, 0.2) is 0 Å². The second-order valence-electron chi connectivity index (χ2n) is 7.89. The number of carboxylic acids is 1. The van der Waals surface area contributed by atoms with Crippen molar-refractivity contribution < 1.29 is 19.5 Å². The van der Waals surface area contributed by atoms with Gasteiger partial charge in [-0.15, -0.1) is 0 Å². The summed E-state index contributed by atoms with van der Waals surface area (Å²) >= 11 is 6.14. The van der Waals surface area contributed by atoms with Gasteiger partial charge in [-0.25, -0.2) is 0 Å². The van der Waals surface area contributed by atoms with E-state index >= 15 is 0 Å². The van der Waals surface area contributed by atoms with Gasteiger partial charge in [-0.2, -0.15) is 0 Å². The van der Waals surface area contributed by atoms with E-state index < -0.39 is 12.0 Å². The lowest BCUT2D eigenvalue weighted by molar-refractivity contribution is -0.140. The second kappa shape index (κ2) is 11.0. The van der Waals surface area contributed by atoms with E-state index in [9.17, 15) is 9.59 Å². The Balaban J connectivity index is 0.000000709. The number of carbonyl (C=O) groups excluding carboxylic acids is 2. The zero-order chi connectivity index (χ0) is 24.0. The summed E-state index contributed by atoms with van der Waals surface area (Å²) in [6.45, 7) is 4.77. The lowest BCUT2D eigenvalue weighted by Gasteiger charge is -2.40. The molecule has 2 N–H and O–H groups in total. The SMILES string of the molecule is CC(=O)O.CCC1C(=O)N(CCc2c[nH]c3ccc(Cl)cc23)CCN1C(=O)c1ccccc1. The average Bonchev–Trinajstić information content (AvgIpc) is 3.19. The molecule has 1 fully saturated rings. The quantitative estimate of drug-likeness (QED) is 0.585. The molecule has 1 aliphatic heterocycles. The summed E-state index contributed by atoms with van der Waals surface area (Å²) in [5.74, 6) is -0.877. The van der Waals surface area contributed by atoms with Gasteiger partial charge in [0.1, 0.15) is 6.04 Å². The fraction of sp³-hybridized carbons (Fsp3) is 0.320. The van der Waals surface area contributed by atoms with Gasteiger partial charge in [0.2, 0.25) is 5.91 Å². The van der Waals surface area contributed by atoms with Crippen molar-refractivity contribution >= 4 is 40.3 Å². The first kappa shape index (κ1) is 24.3.